The predicted octanol–water partition coefficient (Wildman–Crippen LogP) is 15.4. The van der Waals surface area contributed by atoms with Crippen LogP contribution in [0, 0.1) is 0 Å². The van der Waals surface area contributed by atoms with Crippen molar-refractivity contribution < 1.29 is 46.4 Å². The summed E-state index contributed by atoms with van der Waals surface area (Å²) in [5.74, 6) is 0. The fourth-order valence-corrected chi connectivity index (χ4v) is 13.8. The Morgan fingerprint density at radius 1 is 0.372 bits per heavy atom. The zero-order chi connectivity index (χ0) is 56.4. The molecular weight excluding hydrogens is 1050 g/mol. The lowest BCUT2D eigenvalue weighted by molar-refractivity contribution is -0.311. The Morgan fingerprint density at radius 3 is 1.17 bits per heavy atom. The van der Waals surface area contributed by atoms with Crippen LogP contribution in [0.3, 0.4) is 0 Å². The molecule has 0 spiro atoms. The maximum absolute atomic E-state index is 7.79. The first kappa shape index (κ1) is 62.3. The van der Waals surface area contributed by atoms with Gasteiger partial charge in [-0.2, -0.15) is 0 Å². The molecule has 0 aromatic heterocycles. The summed E-state index contributed by atoms with van der Waals surface area (Å²) in [5, 5.41) is -0.411. The third-order valence-electron chi connectivity index (χ3n) is 16.6. The van der Waals surface area contributed by atoms with E-state index in [9.17, 15) is 0 Å². The molecule has 0 amide bonds. The number of thioether (sulfide) groups is 1. The molecule has 2 heterocycles. The molecule has 14 heteroatoms. The zero-order valence-corrected chi connectivity index (χ0v) is 53.3. The van der Waals surface area contributed by atoms with Gasteiger partial charge in [0.25, 0.3) is 0 Å². The van der Waals surface area contributed by atoms with E-state index in [1.807, 2.05) is 91.0 Å². The number of hydrogen-bond acceptors (Lipinski definition) is 11. The van der Waals surface area contributed by atoms with Crippen LogP contribution in [0.5, 0.6) is 0 Å². The van der Waals surface area contributed by atoms with Crippen LogP contribution in [-0.2, 0) is 72.9 Å². The molecule has 426 valence electrons. The van der Waals surface area contributed by atoms with Crippen LogP contribution in [0.4, 0.5) is 0 Å². The van der Waals surface area contributed by atoms with Gasteiger partial charge in [0.1, 0.15) is 54.3 Å². The predicted molar refractivity (Wildman–Crippen MR) is 323 cm³/mol. The van der Waals surface area contributed by atoms with Gasteiger partial charge in [0, 0.05) is 4.90 Å². The topological polar surface area (TPSA) is 92.3 Å². The van der Waals surface area contributed by atoms with Crippen LogP contribution in [0.2, 0.25) is 54.4 Å². The molecule has 2 fully saturated rings. The van der Waals surface area contributed by atoms with Crippen molar-refractivity contribution in [2.24, 2.45) is 0 Å². The average molecular weight is 1140 g/mol. The van der Waals surface area contributed by atoms with Crippen molar-refractivity contribution in [1.82, 2.24) is 0 Å². The summed E-state index contributed by atoms with van der Waals surface area (Å²) in [6.45, 7) is 36.0. The smallest absolute Gasteiger partial charge is 0.192 e. The molecule has 0 bridgehead atoms. The minimum atomic E-state index is -2.60. The van der Waals surface area contributed by atoms with E-state index in [-0.39, 0.29) is 28.3 Å². The van der Waals surface area contributed by atoms with E-state index in [1.165, 1.54) is 0 Å². The van der Waals surface area contributed by atoms with Gasteiger partial charge in [-0.15, -0.1) is 0 Å². The van der Waals surface area contributed by atoms with E-state index < -0.39 is 85.5 Å². The molecule has 78 heavy (non-hydrogen) atoms. The molecule has 6 unspecified atom stereocenters. The summed E-state index contributed by atoms with van der Waals surface area (Å²) in [6.07, 6.45) is -5.82. The highest BCUT2D eigenvalue weighted by molar-refractivity contribution is 7.99. The van der Waals surface area contributed by atoms with Gasteiger partial charge in [-0.1, -0.05) is 214 Å². The van der Waals surface area contributed by atoms with E-state index in [2.05, 4.69) is 162 Å². The maximum Gasteiger partial charge on any atom is 0.192 e. The largest absolute Gasteiger partial charge is 0.408 e. The second kappa shape index (κ2) is 27.2. The third kappa shape index (κ3) is 16.9. The molecule has 10 nitrogen and oxygen atoms in total. The minimum absolute atomic E-state index is 0.0715. The Labute approximate surface area is 476 Å². The van der Waals surface area contributed by atoms with Gasteiger partial charge in [0.05, 0.1) is 39.6 Å². The Morgan fingerprint density at radius 2 is 0.731 bits per heavy atom. The van der Waals surface area contributed by atoms with Crippen LogP contribution >= 0.6 is 11.8 Å². The van der Waals surface area contributed by atoms with Gasteiger partial charge in [0.2, 0.25) is 0 Å². The third-order valence-corrected chi connectivity index (χ3v) is 31.1. The van der Waals surface area contributed by atoms with Crippen LogP contribution in [0.1, 0.15) is 84.6 Å². The lowest BCUT2D eigenvalue weighted by atomic mass is 9.98. The van der Waals surface area contributed by atoms with Crippen molar-refractivity contribution in [2.45, 2.75) is 209 Å². The summed E-state index contributed by atoms with van der Waals surface area (Å²) in [7, 11) is -7.66. The van der Waals surface area contributed by atoms with Gasteiger partial charge >= 0.3 is 0 Å². The van der Waals surface area contributed by atoms with Crippen molar-refractivity contribution in [2.75, 3.05) is 13.2 Å². The molecule has 7 rings (SSSR count). The lowest BCUT2D eigenvalue weighted by Crippen LogP contribution is -2.68. The van der Waals surface area contributed by atoms with E-state index in [1.54, 1.807) is 11.8 Å². The molecule has 2 aliphatic heterocycles. The van der Waals surface area contributed by atoms with Crippen molar-refractivity contribution in [3.63, 3.8) is 0 Å². The van der Waals surface area contributed by atoms with Crippen molar-refractivity contribution in [1.29, 1.82) is 0 Å². The van der Waals surface area contributed by atoms with E-state index in [0.29, 0.717) is 26.4 Å². The summed E-state index contributed by atoms with van der Waals surface area (Å²) in [4.78, 5) is 1.04. The monoisotopic (exact) mass is 1140 g/mol. The molecule has 5 aromatic carbocycles. The van der Waals surface area contributed by atoms with Crippen molar-refractivity contribution >= 4 is 36.7 Å². The number of rotatable bonds is 24. The quantitative estimate of drug-likeness (QED) is 0.0553. The molecular formula is C64H92O10SSi3. The highest BCUT2D eigenvalue weighted by atomic mass is 32.2. The normalized spacial score (nSPS) is 24.8. The Kier molecular flexibility index (Phi) is 21.7. The highest BCUT2D eigenvalue weighted by Crippen LogP contribution is 2.47. The first-order chi connectivity index (χ1) is 36.8. The Balaban J connectivity index is 1.34. The van der Waals surface area contributed by atoms with Crippen LogP contribution in [0.25, 0.3) is 0 Å². The molecule has 2 saturated heterocycles. The molecule has 10 atom stereocenters. The number of ether oxygens (including phenoxy) is 7. The van der Waals surface area contributed by atoms with Crippen LogP contribution in [0.15, 0.2) is 157 Å². The summed E-state index contributed by atoms with van der Waals surface area (Å²) in [5.41, 5.74) is 3.65. The van der Waals surface area contributed by atoms with Gasteiger partial charge in [-0.05, 0) is 88.8 Å². The van der Waals surface area contributed by atoms with E-state index in [0.717, 1.165) is 27.1 Å². The second-order valence-corrected chi connectivity index (χ2v) is 41.1. The summed E-state index contributed by atoms with van der Waals surface area (Å²) >= 11 is 1.62. The Hall–Kier alpha value is -3.30. The maximum atomic E-state index is 7.79. The standard InChI is InChI=1S/C64H92O10SSi3/c1-62(2,3)76(10,11)72-55-52(45-65-41-47-31-21-16-22-32-47)70-60(58(74-78(14,15)64(7,8)9)57(55)73-77(12,13)63(4,5)6)69-46-53-54(66-42-48-33-23-17-24-34-48)56(67-43-49-35-25-18-26-36-49)59(68-44-50-37-27-19-28-38-50)61(71-53)75-51-39-29-20-30-40-51/h16-40,52-61H,41-46H2,1-15H3/t52?,53?,54-,55-,56?,57?,58?,59?,60+,61+/m1/s1. The molecule has 5 aromatic rings. The summed E-state index contributed by atoms with van der Waals surface area (Å²) in [6, 6.07) is 51.4. The molecule has 2 aliphatic rings. The molecule has 0 N–H and O–H groups in total. The van der Waals surface area contributed by atoms with Crippen molar-refractivity contribution in [3.8, 4) is 0 Å². The average Bonchev–Trinajstić information content (AvgIpc) is 3.49. The highest BCUT2D eigenvalue weighted by Gasteiger charge is 2.58. The SMILES string of the molecule is CC(C)(C)[Si](C)(C)OC1C(O[Si](C)(C)C(C)(C)C)[C@H](O[Si](C)(C)C(C)(C)C)C(COCc2ccccc2)O[C@@H]1OCC1O[C@@H](Sc2ccccc2)C(OCc2ccccc2)C(OCc2ccccc2)[C@@H]1OCc1ccccc1. The minimum Gasteiger partial charge on any atom is -0.408 e. The first-order valence-electron chi connectivity index (χ1n) is 28.1. The zero-order valence-electron chi connectivity index (χ0n) is 49.4. The van der Waals surface area contributed by atoms with E-state index >= 15 is 0 Å². The fraction of sp³-hybridized carbons (Fsp3) is 0.531. The van der Waals surface area contributed by atoms with E-state index in [4.69, 9.17) is 46.4 Å². The van der Waals surface area contributed by atoms with Crippen LogP contribution in [-0.4, -0.2) is 98.7 Å². The first-order valence-corrected chi connectivity index (χ1v) is 37.7. The van der Waals surface area contributed by atoms with Crippen molar-refractivity contribution in [3.05, 3.63) is 174 Å². The lowest BCUT2D eigenvalue weighted by Gasteiger charge is -2.54. The Bertz CT molecular complexity index is 2520. The van der Waals surface area contributed by atoms with Gasteiger partial charge in [-0.3, -0.25) is 0 Å². The molecule has 0 saturated carbocycles. The summed E-state index contributed by atoms with van der Waals surface area (Å²) < 4.78 is 73.5. The van der Waals surface area contributed by atoms with Gasteiger partial charge < -0.3 is 46.4 Å². The second-order valence-electron chi connectivity index (χ2n) is 25.7. The molecule has 0 aliphatic carbocycles. The van der Waals surface area contributed by atoms with Gasteiger partial charge in [-0.25, -0.2) is 0 Å². The number of hydrogen-bond donors (Lipinski definition) is 0. The fourth-order valence-electron chi connectivity index (χ4n) is 8.76. The number of benzene rings is 5. The van der Waals surface area contributed by atoms with Crippen LogP contribution < -0.4 is 0 Å². The van der Waals surface area contributed by atoms with Gasteiger partial charge in [0.15, 0.2) is 31.2 Å². The molecule has 0 radical (unpaired) electrons.